The molecule has 70 valence electrons. The lowest BCUT2D eigenvalue weighted by Gasteiger charge is -2.23. The molecule has 0 radical (unpaired) electrons. The van der Waals surface area contributed by atoms with Gasteiger partial charge in [0.15, 0.2) is 6.04 Å². The molecular weight excluding hydrogens is 172 g/mol. The Morgan fingerprint density at radius 1 is 1.21 bits per heavy atom. The van der Waals surface area contributed by atoms with Crippen LogP contribution in [0.4, 0.5) is 0 Å². The van der Waals surface area contributed by atoms with Gasteiger partial charge in [0, 0.05) is 6.20 Å². The van der Waals surface area contributed by atoms with Crippen LogP contribution in [0.1, 0.15) is 11.7 Å². The minimum Gasteiger partial charge on any atom is -0.277 e. The summed E-state index contributed by atoms with van der Waals surface area (Å²) in [6, 6.07) is 6.60. The molecule has 1 spiro atoms. The van der Waals surface area contributed by atoms with Crippen molar-refractivity contribution >= 4 is 0 Å². The maximum atomic E-state index is 4.44. The van der Waals surface area contributed by atoms with Crippen LogP contribution >= 0.6 is 0 Å². The van der Waals surface area contributed by atoms with Crippen LogP contribution in [0.15, 0.2) is 48.8 Å². The van der Waals surface area contributed by atoms with Crippen molar-refractivity contribution in [1.82, 2.24) is 4.98 Å². The molecule has 2 aliphatic heterocycles. The van der Waals surface area contributed by atoms with Crippen molar-refractivity contribution in [2.75, 3.05) is 13.1 Å². The number of allylic oxidation sites excluding steroid dienone is 2. The molecule has 1 unspecified atom stereocenters. The van der Waals surface area contributed by atoms with E-state index >= 15 is 0 Å². The van der Waals surface area contributed by atoms with Crippen molar-refractivity contribution < 1.29 is 4.48 Å². The standard InChI is InChI=1S/C12H13N2/c1-3-7-13-11(5-1)12-6-2-4-8-14(12)9-10-14/h1-8,12H,9-10H2/q+1. The highest BCUT2D eigenvalue weighted by Crippen LogP contribution is 2.39. The number of rotatable bonds is 1. The fourth-order valence-electron chi connectivity index (χ4n) is 2.11. The second kappa shape index (κ2) is 2.79. The molecule has 0 aromatic carbocycles. The number of pyridine rings is 1. The SMILES string of the molecule is C1=CC(c2ccccn2)[N+]2(C=C1)CC2. The summed E-state index contributed by atoms with van der Waals surface area (Å²) in [6.07, 6.45) is 10.7. The largest absolute Gasteiger partial charge is 0.277 e. The molecule has 0 N–H and O–H groups in total. The van der Waals surface area contributed by atoms with E-state index in [1.54, 1.807) is 0 Å². The quantitative estimate of drug-likeness (QED) is 0.482. The lowest BCUT2D eigenvalue weighted by molar-refractivity contribution is -0.772. The van der Waals surface area contributed by atoms with E-state index in [2.05, 4.69) is 41.5 Å². The van der Waals surface area contributed by atoms with Crippen LogP contribution in [-0.2, 0) is 0 Å². The predicted octanol–water partition coefficient (Wildman–Crippen LogP) is 2.04. The van der Waals surface area contributed by atoms with Gasteiger partial charge in [-0.3, -0.25) is 9.47 Å². The summed E-state index contributed by atoms with van der Waals surface area (Å²) in [7, 11) is 0. The van der Waals surface area contributed by atoms with Crippen LogP contribution in [0.3, 0.4) is 0 Å². The van der Waals surface area contributed by atoms with Crippen molar-refractivity contribution in [3.05, 3.63) is 54.5 Å². The first-order valence-corrected chi connectivity index (χ1v) is 5.04. The third kappa shape index (κ3) is 1.11. The van der Waals surface area contributed by atoms with Gasteiger partial charge in [0.05, 0.1) is 6.20 Å². The van der Waals surface area contributed by atoms with E-state index in [4.69, 9.17) is 0 Å². The molecule has 0 bridgehead atoms. The van der Waals surface area contributed by atoms with E-state index in [1.165, 1.54) is 18.8 Å². The Bertz CT molecular complexity index is 388. The van der Waals surface area contributed by atoms with Crippen LogP contribution in [-0.4, -0.2) is 22.6 Å². The number of nitrogens with zero attached hydrogens (tertiary/aromatic N) is 2. The molecule has 3 heterocycles. The van der Waals surface area contributed by atoms with Gasteiger partial charge in [-0.15, -0.1) is 0 Å². The maximum absolute atomic E-state index is 4.44. The van der Waals surface area contributed by atoms with Gasteiger partial charge in [0.1, 0.15) is 18.8 Å². The lowest BCUT2D eigenvalue weighted by atomic mass is 10.1. The summed E-state index contributed by atoms with van der Waals surface area (Å²) in [5.74, 6) is 0. The first-order valence-electron chi connectivity index (χ1n) is 5.04. The number of aromatic nitrogens is 1. The van der Waals surface area contributed by atoms with Crippen molar-refractivity contribution in [3.8, 4) is 0 Å². The first-order chi connectivity index (χ1) is 6.91. The maximum Gasteiger partial charge on any atom is 0.155 e. The molecule has 0 aliphatic carbocycles. The monoisotopic (exact) mass is 185 g/mol. The van der Waals surface area contributed by atoms with Crippen molar-refractivity contribution in [2.45, 2.75) is 6.04 Å². The topological polar surface area (TPSA) is 12.9 Å². The van der Waals surface area contributed by atoms with Gasteiger partial charge < -0.3 is 0 Å². The smallest absolute Gasteiger partial charge is 0.155 e. The van der Waals surface area contributed by atoms with Crippen molar-refractivity contribution in [2.24, 2.45) is 0 Å². The fourth-order valence-corrected chi connectivity index (χ4v) is 2.11. The van der Waals surface area contributed by atoms with E-state index in [9.17, 15) is 0 Å². The first kappa shape index (κ1) is 7.94. The predicted molar refractivity (Wildman–Crippen MR) is 55.3 cm³/mol. The van der Waals surface area contributed by atoms with E-state index in [-0.39, 0.29) is 0 Å². The minimum absolute atomic E-state index is 0.446. The van der Waals surface area contributed by atoms with Gasteiger partial charge in [0.25, 0.3) is 0 Å². The van der Waals surface area contributed by atoms with Gasteiger partial charge in [0.2, 0.25) is 0 Å². The Kier molecular flexibility index (Phi) is 1.58. The van der Waals surface area contributed by atoms with E-state index in [0.29, 0.717) is 6.04 Å². The summed E-state index contributed by atoms with van der Waals surface area (Å²) in [5, 5.41) is 0. The van der Waals surface area contributed by atoms with E-state index in [0.717, 1.165) is 4.48 Å². The molecule has 2 nitrogen and oxygen atoms in total. The van der Waals surface area contributed by atoms with E-state index < -0.39 is 0 Å². The van der Waals surface area contributed by atoms with Crippen LogP contribution in [0.5, 0.6) is 0 Å². The van der Waals surface area contributed by atoms with Crippen molar-refractivity contribution in [1.29, 1.82) is 0 Å². The molecule has 1 aromatic heterocycles. The van der Waals surface area contributed by atoms with Crippen LogP contribution in [0.25, 0.3) is 0 Å². The molecule has 14 heavy (non-hydrogen) atoms. The lowest BCUT2D eigenvalue weighted by Crippen LogP contribution is -2.26. The zero-order valence-corrected chi connectivity index (χ0v) is 8.00. The zero-order valence-electron chi connectivity index (χ0n) is 8.00. The van der Waals surface area contributed by atoms with Gasteiger partial charge in [-0.2, -0.15) is 0 Å². The third-order valence-corrected chi connectivity index (χ3v) is 3.07. The van der Waals surface area contributed by atoms with Gasteiger partial charge in [-0.1, -0.05) is 12.1 Å². The number of hydrogen-bond donors (Lipinski definition) is 0. The molecule has 0 saturated carbocycles. The highest BCUT2D eigenvalue weighted by Gasteiger charge is 2.48. The molecule has 1 fully saturated rings. The molecule has 1 saturated heterocycles. The van der Waals surface area contributed by atoms with Gasteiger partial charge in [-0.25, -0.2) is 0 Å². The summed E-state index contributed by atoms with van der Waals surface area (Å²) in [5.41, 5.74) is 1.19. The number of hydrogen-bond acceptors (Lipinski definition) is 1. The second-order valence-corrected chi connectivity index (χ2v) is 3.98. The Balaban J connectivity index is 1.99. The van der Waals surface area contributed by atoms with Gasteiger partial charge >= 0.3 is 0 Å². The minimum atomic E-state index is 0.446. The average Bonchev–Trinajstić information content (AvgIpc) is 3.01. The molecule has 2 aliphatic rings. The third-order valence-electron chi connectivity index (χ3n) is 3.07. The highest BCUT2D eigenvalue weighted by atomic mass is 15.5. The van der Waals surface area contributed by atoms with Crippen LogP contribution in [0, 0.1) is 0 Å². The summed E-state index contributed by atoms with van der Waals surface area (Å²) in [6.45, 7) is 2.50. The summed E-state index contributed by atoms with van der Waals surface area (Å²) < 4.78 is 1.08. The van der Waals surface area contributed by atoms with Crippen molar-refractivity contribution in [3.63, 3.8) is 0 Å². The summed E-state index contributed by atoms with van der Waals surface area (Å²) >= 11 is 0. The summed E-state index contributed by atoms with van der Waals surface area (Å²) in [4.78, 5) is 4.44. The molecule has 1 aromatic rings. The van der Waals surface area contributed by atoms with Crippen LogP contribution in [0.2, 0.25) is 0 Å². The molecule has 2 heteroatoms. The molecule has 0 amide bonds. The Labute approximate surface area is 83.8 Å². The number of quaternary nitrogens is 1. The van der Waals surface area contributed by atoms with Gasteiger partial charge in [-0.05, 0) is 24.3 Å². The molecule has 3 rings (SSSR count). The second-order valence-electron chi connectivity index (χ2n) is 3.98. The van der Waals surface area contributed by atoms with Crippen LogP contribution < -0.4 is 0 Å². The fraction of sp³-hybridized carbons (Fsp3) is 0.250. The normalized spacial score (nSPS) is 26.7. The Morgan fingerprint density at radius 2 is 2.14 bits per heavy atom. The molecular formula is C12H13N2+. The highest BCUT2D eigenvalue weighted by molar-refractivity contribution is 5.19. The molecule has 1 atom stereocenters. The Morgan fingerprint density at radius 3 is 2.86 bits per heavy atom. The average molecular weight is 185 g/mol. The van der Waals surface area contributed by atoms with E-state index in [1.807, 2.05) is 12.3 Å². The Hall–Kier alpha value is -1.41. The zero-order chi connectivity index (χ0) is 9.43.